The average Bonchev–Trinajstić information content (AvgIpc) is 3.07. The van der Waals surface area contributed by atoms with Crippen LogP contribution in [0.1, 0.15) is 43.9 Å². The zero-order valence-electron chi connectivity index (χ0n) is 26.5. The Morgan fingerprint density at radius 3 is 2.10 bits per heavy atom. The fourth-order valence-electron chi connectivity index (χ4n) is 5.36. The number of carbonyl (C=O) groups excluding carboxylic acids is 4. The van der Waals surface area contributed by atoms with Crippen molar-refractivity contribution in [2.24, 2.45) is 5.11 Å². The number of amides is 2. The molecule has 18 nitrogen and oxygen atoms in total. The number of azide groups is 1. The molecule has 0 spiro atoms. The smallest absolute Gasteiger partial charge is 0.356 e. The van der Waals surface area contributed by atoms with Crippen LogP contribution in [0.15, 0.2) is 77.0 Å². The SMILES string of the molecule is CC(=O)OCC1=C(C(=O)OC(c2ccccc2)c2ccccc2)N2C(=O)C(N=[N+]=[N-])(C(=O)N(O)CCCC(C)(P(=O)(O)O)P(=O)(O)O)C2SC1. The Morgan fingerprint density at radius 1 is 1.08 bits per heavy atom. The molecule has 2 aliphatic heterocycles. The lowest BCUT2D eigenvalue weighted by molar-refractivity contribution is -0.185. The summed E-state index contributed by atoms with van der Waals surface area (Å²) < 4.78 is 34.9. The third-order valence-electron chi connectivity index (χ3n) is 8.24. The number of carbonyl (C=O) groups is 4. The summed E-state index contributed by atoms with van der Waals surface area (Å²) in [6, 6.07) is 17.3. The van der Waals surface area contributed by atoms with E-state index in [4.69, 9.17) is 9.47 Å². The van der Waals surface area contributed by atoms with Gasteiger partial charge in [-0.05, 0) is 36.4 Å². The predicted octanol–water partition coefficient (Wildman–Crippen LogP) is 3.17. The molecule has 0 aromatic heterocycles. The van der Waals surface area contributed by atoms with E-state index in [9.17, 15) is 58.6 Å². The van der Waals surface area contributed by atoms with Crippen LogP contribution in [-0.2, 0) is 37.8 Å². The van der Waals surface area contributed by atoms with Gasteiger partial charge in [-0.3, -0.25) is 33.6 Å². The first-order valence-electron chi connectivity index (χ1n) is 14.7. The Kier molecular flexibility index (Phi) is 11.7. The maximum atomic E-state index is 14.0. The van der Waals surface area contributed by atoms with Crippen molar-refractivity contribution in [2.75, 3.05) is 18.9 Å². The molecular formula is C29H33N5O13P2S. The number of nitrogens with zero attached hydrogens (tertiary/aromatic N) is 5. The minimum absolute atomic E-state index is 0.0544. The standard InChI is InChI=1S/C29H33N5O13P2S/c1-18(35)46-16-21-17-50-27-29(31-32-30,25(37)33(39)15-9-14-28(2,48(40,41)42)49(43,44)45)26(38)34(27)22(21)24(36)47-23(19-10-5-3-6-11-19)20-12-7-4-8-13-20/h3-8,10-13,23,27,39H,9,14-17H2,1-2H3,(H2,40,41,42)(H2,43,44,45). The normalized spacial score (nSPS) is 19.2. The Morgan fingerprint density at radius 2 is 1.62 bits per heavy atom. The molecular weight excluding hydrogens is 720 g/mol. The molecule has 2 atom stereocenters. The monoisotopic (exact) mass is 753 g/mol. The molecule has 5 N–H and O–H groups in total. The van der Waals surface area contributed by atoms with E-state index in [0.29, 0.717) is 18.1 Å². The van der Waals surface area contributed by atoms with E-state index in [1.54, 1.807) is 60.7 Å². The summed E-state index contributed by atoms with van der Waals surface area (Å²) in [5, 5.41) is 12.6. The molecule has 2 aromatic rings. The van der Waals surface area contributed by atoms with Crippen molar-refractivity contribution < 1.29 is 62.6 Å². The second-order valence-electron chi connectivity index (χ2n) is 11.5. The zero-order chi connectivity index (χ0) is 37.1. The predicted molar refractivity (Wildman–Crippen MR) is 175 cm³/mol. The average molecular weight is 754 g/mol. The zero-order valence-corrected chi connectivity index (χ0v) is 29.1. The Balaban J connectivity index is 1.66. The summed E-state index contributed by atoms with van der Waals surface area (Å²) in [6.45, 7) is 0.569. The highest BCUT2D eigenvalue weighted by Crippen LogP contribution is 2.70. The van der Waals surface area contributed by atoms with Crippen molar-refractivity contribution in [3.8, 4) is 0 Å². The number of hydroxylamine groups is 2. The molecule has 1 fully saturated rings. The van der Waals surface area contributed by atoms with Gasteiger partial charge in [0, 0.05) is 29.7 Å². The number of esters is 2. The third-order valence-corrected chi connectivity index (χ3v) is 14.1. The highest BCUT2D eigenvalue weighted by Gasteiger charge is 2.70. The molecule has 4 rings (SSSR count). The molecule has 0 radical (unpaired) electrons. The van der Waals surface area contributed by atoms with Crippen LogP contribution in [0, 0.1) is 0 Å². The Bertz CT molecular complexity index is 1770. The molecule has 2 heterocycles. The van der Waals surface area contributed by atoms with Crippen molar-refractivity contribution in [3.63, 3.8) is 0 Å². The van der Waals surface area contributed by atoms with Crippen LogP contribution in [-0.4, -0.2) is 93.2 Å². The summed E-state index contributed by atoms with van der Waals surface area (Å²) in [4.78, 5) is 92.3. The van der Waals surface area contributed by atoms with Crippen LogP contribution in [0.2, 0.25) is 0 Å². The number of rotatable bonds is 14. The van der Waals surface area contributed by atoms with Crippen molar-refractivity contribution in [1.82, 2.24) is 9.96 Å². The van der Waals surface area contributed by atoms with E-state index in [0.717, 1.165) is 23.6 Å². The number of thioether (sulfide) groups is 1. The van der Waals surface area contributed by atoms with Crippen LogP contribution < -0.4 is 0 Å². The van der Waals surface area contributed by atoms with E-state index >= 15 is 0 Å². The fourth-order valence-corrected chi connectivity index (χ4v) is 9.04. The summed E-state index contributed by atoms with van der Waals surface area (Å²) in [7, 11) is -10.8. The molecule has 0 bridgehead atoms. The maximum absolute atomic E-state index is 14.0. The van der Waals surface area contributed by atoms with E-state index in [2.05, 4.69) is 10.0 Å². The van der Waals surface area contributed by atoms with Crippen molar-refractivity contribution in [3.05, 3.63) is 93.5 Å². The summed E-state index contributed by atoms with van der Waals surface area (Å²) in [6.07, 6.45) is -2.40. The first-order chi connectivity index (χ1) is 23.4. The number of ether oxygens (including phenoxy) is 2. The van der Waals surface area contributed by atoms with Gasteiger partial charge in [0.25, 0.3) is 11.8 Å². The molecule has 21 heteroatoms. The van der Waals surface area contributed by atoms with Gasteiger partial charge in [-0.1, -0.05) is 65.8 Å². The number of fused-ring (bicyclic) bond motifs is 1. The van der Waals surface area contributed by atoms with E-state index in [1.807, 2.05) is 0 Å². The molecule has 2 amide bonds. The van der Waals surface area contributed by atoms with Gasteiger partial charge in [0.1, 0.15) is 17.7 Å². The quantitative estimate of drug-likeness (QED) is 0.0213. The maximum Gasteiger partial charge on any atom is 0.356 e. The lowest BCUT2D eigenvalue weighted by Gasteiger charge is -2.54. The van der Waals surface area contributed by atoms with Crippen molar-refractivity contribution in [1.29, 1.82) is 0 Å². The highest BCUT2D eigenvalue weighted by atomic mass is 32.2. The number of benzene rings is 2. The van der Waals surface area contributed by atoms with Crippen LogP contribution in [0.3, 0.4) is 0 Å². The molecule has 2 unspecified atom stereocenters. The van der Waals surface area contributed by atoms with Crippen molar-refractivity contribution >= 4 is 50.7 Å². The molecule has 0 aliphatic carbocycles. The Labute approximate surface area is 288 Å². The van der Waals surface area contributed by atoms with Gasteiger partial charge >= 0.3 is 27.1 Å². The van der Waals surface area contributed by atoms with Gasteiger partial charge in [-0.25, -0.2) is 9.86 Å². The number of β-lactam (4-membered cyclic amide) rings is 1. The Hall–Kier alpha value is -4.02. The van der Waals surface area contributed by atoms with E-state index in [1.165, 1.54) is 0 Å². The third kappa shape index (κ3) is 7.37. The summed E-state index contributed by atoms with van der Waals surface area (Å²) in [5.41, 5.74) is 7.66. The van der Waals surface area contributed by atoms with Gasteiger partial charge in [0.2, 0.25) is 5.54 Å². The van der Waals surface area contributed by atoms with E-state index in [-0.39, 0.29) is 22.1 Å². The van der Waals surface area contributed by atoms with Gasteiger partial charge in [-0.15, -0.1) is 11.8 Å². The first-order valence-corrected chi connectivity index (χ1v) is 19.0. The summed E-state index contributed by atoms with van der Waals surface area (Å²) >= 11 is 0.855. The number of hydrogen-bond donors (Lipinski definition) is 5. The first kappa shape index (κ1) is 38.8. The molecule has 2 aromatic carbocycles. The van der Waals surface area contributed by atoms with Crippen LogP contribution >= 0.6 is 27.0 Å². The molecule has 268 valence electrons. The molecule has 50 heavy (non-hydrogen) atoms. The molecule has 1 saturated heterocycles. The largest absolute Gasteiger partial charge is 0.461 e. The molecule has 0 saturated carbocycles. The highest BCUT2D eigenvalue weighted by molar-refractivity contribution is 8.00. The van der Waals surface area contributed by atoms with Crippen LogP contribution in [0.25, 0.3) is 10.4 Å². The van der Waals surface area contributed by atoms with Gasteiger partial charge in [-0.2, -0.15) is 0 Å². The lowest BCUT2D eigenvalue weighted by Crippen LogP contribution is -2.77. The lowest BCUT2D eigenvalue weighted by atomic mass is 9.85. The van der Waals surface area contributed by atoms with Gasteiger partial charge in [0.05, 0.1) is 0 Å². The van der Waals surface area contributed by atoms with Crippen molar-refractivity contribution in [2.45, 2.75) is 48.6 Å². The van der Waals surface area contributed by atoms with Gasteiger partial charge in [0.15, 0.2) is 11.0 Å². The second-order valence-corrected chi connectivity index (χ2v) is 17.0. The minimum atomic E-state index is -5.40. The second kappa shape index (κ2) is 15.1. The van der Waals surface area contributed by atoms with Gasteiger partial charge < -0.3 is 29.0 Å². The topological polar surface area (TPSA) is 277 Å². The van der Waals surface area contributed by atoms with Crippen LogP contribution in [0.4, 0.5) is 0 Å². The summed E-state index contributed by atoms with van der Waals surface area (Å²) in [5.74, 6) is -4.57. The fraction of sp³-hybridized carbons (Fsp3) is 0.379. The van der Waals surface area contributed by atoms with Crippen LogP contribution in [0.5, 0.6) is 0 Å². The number of hydrogen-bond acceptors (Lipinski definition) is 11. The molecule has 2 aliphatic rings. The minimum Gasteiger partial charge on any atom is -0.461 e. The van der Waals surface area contributed by atoms with E-state index < -0.39 is 86.9 Å².